The SMILES string of the molecule is COc1cc(C2NC(=O)N=C(C)C2C(=O)O)ccc1O. The smallest absolute Gasteiger partial charge is 0.341 e. The van der Waals surface area contributed by atoms with Crippen molar-refractivity contribution in [1.82, 2.24) is 5.32 Å². The molecule has 2 amide bonds. The summed E-state index contributed by atoms with van der Waals surface area (Å²) < 4.78 is 4.99. The van der Waals surface area contributed by atoms with Gasteiger partial charge in [0.2, 0.25) is 0 Å². The molecule has 1 heterocycles. The summed E-state index contributed by atoms with van der Waals surface area (Å²) in [5, 5.41) is 21.4. The van der Waals surface area contributed by atoms with Crippen LogP contribution in [0.5, 0.6) is 11.5 Å². The molecular formula is C13H14N2O5. The van der Waals surface area contributed by atoms with Crippen molar-refractivity contribution in [1.29, 1.82) is 0 Å². The van der Waals surface area contributed by atoms with E-state index < -0.39 is 24.0 Å². The van der Waals surface area contributed by atoms with Gasteiger partial charge >= 0.3 is 12.0 Å². The molecule has 0 aromatic heterocycles. The summed E-state index contributed by atoms with van der Waals surface area (Å²) in [6.07, 6.45) is 0. The molecular weight excluding hydrogens is 264 g/mol. The second-order valence-corrected chi connectivity index (χ2v) is 4.43. The second-order valence-electron chi connectivity index (χ2n) is 4.43. The van der Waals surface area contributed by atoms with Gasteiger partial charge in [-0.1, -0.05) is 6.07 Å². The minimum absolute atomic E-state index is 0.0596. The van der Waals surface area contributed by atoms with Gasteiger partial charge in [-0.25, -0.2) is 9.79 Å². The van der Waals surface area contributed by atoms with Crippen LogP contribution < -0.4 is 10.1 Å². The minimum atomic E-state index is -1.08. The maximum Gasteiger partial charge on any atom is 0.341 e. The number of aliphatic carboxylic acids is 1. The van der Waals surface area contributed by atoms with E-state index in [1.165, 1.54) is 32.2 Å². The maximum absolute atomic E-state index is 11.5. The number of carbonyl (C=O) groups is 2. The predicted octanol–water partition coefficient (Wildman–Crippen LogP) is 1.33. The molecule has 1 aromatic rings. The molecule has 7 heteroatoms. The number of hydrogen-bond acceptors (Lipinski definition) is 4. The number of rotatable bonds is 3. The summed E-state index contributed by atoms with van der Waals surface area (Å²) in [4.78, 5) is 26.5. The summed E-state index contributed by atoms with van der Waals surface area (Å²) in [6, 6.07) is 3.08. The first kappa shape index (κ1) is 13.9. The van der Waals surface area contributed by atoms with E-state index in [2.05, 4.69) is 10.3 Å². The van der Waals surface area contributed by atoms with Gasteiger partial charge in [0.05, 0.1) is 13.2 Å². The molecule has 0 bridgehead atoms. The van der Waals surface area contributed by atoms with Crippen LogP contribution in [0.25, 0.3) is 0 Å². The third-order valence-corrected chi connectivity index (χ3v) is 3.17. The lowest BCUT2D eigenvalue weighted by atomic mass is 9.88. The molecule has 2 rings (SSSR count). The number of ether oxygens (including phenoxy) is 1. The summed E-state index contributed by atoms with van der Waals surface area (Å²) in [5.41, 5.74) is 0.757. The number of urea groups is 1. The van der Waals surface area contributed by atoms with Crippen molar-refractivity contribution >= 4 is 17.7 Å². The fraction of sp³-hybridized carbons (Fsp3) is 0.308. The Hall–Kier alpha value is -2.57. The Morgan fingerprint density at radius 1 is 1.45 bits per heavy atom. The van der Waals surface area contributed by atoms with E-state index in [0.717, 1.165) is 0 Å². The Labute approximate surface area is 114 Å². The molecule has 0 saturated carbocycles. The van der Waals surface area contributed by atoms with Crippen molar-refractivity contribution in [3.8, 4) is 11.5 Å². The average molecular weight is 278 g/mol. The first-order valence-electron chi connectivity index (χ1n) is 5.89. The Bertz CT molecular complexity index is 596. The average Bonchev–Trinajstić information content (AvgIpc) is 2.37. The van der Waals surface area contributed by atoms with Gasteiger partial charge in [-0.2, -0.15) is 0 Å². The van der Waals surface area contributed by atoms with Gasteiger partial charge in [-0.3, -0.25) is 4.79 Å². The molecule has 20 heavy (non-hydrogen) atoms. The van der Waals surface area contributed by atoms with Crippen LogP contribution >= 0.6 is 0 Å². The van der Waals surface area contributed by atoms with Crippen LogP contribution in [-0.2, 0) is 4.79 Å². The number of aromatic hydroxyl groups is 1. The Morgan fingerprint density at radius 2 is 2.15 bits per heavy atom. The molecule has 0 spiro atoms. The van der Waals surface area contributed by atoms with Crippen molar-refractivity contribution in [2.24, 2.45) is 10.9 Å². The molecule has 106 valence electrons. The molecule has 2 atom stereocenters. The Kier molecular flexibility index (Phi) is 3.60. The van der Waals surface area contributed by atoms with Crippen LogP contribution in [0.2, 0.25) is 0 Å². The molecule has 0 radical (unpaired) electrons. The second kappa shape index (κ2) is 5.20. The molecule has 0 aliphatic carbocycles. The van der Waals surface area contributed by atoms with Crippen LogP contribution in [-0.4, -0.2) is 35.0 Å². The van der Waals surface area contributed by atoms with Gasteiger partial charge in [0.25, 0.3) is 0 Å². The zero-order chi connectivity index (χ0) is 14.9. The number of hydrogen-bond donors (Lipinski definition) is 3. The van der Waals surface area contributed by atoms with Gasteiger partial charge in [-0.15, -0.1) is 0 Å². The molecule has 0 saturated heterocycles. The standard InChI is InChI=1S/C13H14N2O5/c1-6-10(12(17)18)11(15-13(19)14-6)7-3-4-8(16)9(5-7)20-2/h3-5,10-11,16H,1-2H3,(H,15,19)(H,17,18). The third-order valence-electron chi connectivity index (χ3n) is 3.17. The number of carbonyl (C=O) groups excluding carboxylic acids is 1. The Morgan fingerprint density at radius 3 is 2.75 bits per heavy atom. The van der Waals surface area contributed by atoms with Gasteiger partial charge in [0.15, 0.2) is 11.5 Å². The first-order valence-corrected chi connectivity index (χ1v) is 5.89. The number of methoxy groups -OCH3 is 1. The molecule has 1 aliphatic heterocycles. The predicted molar refractivity (Wildman–Crippen MR) is 70.2 cm³/mol. The van der Waals surface area contributed by atoms with Crippen molar-refractivity contribution in [3.63, 3.8) is 0 Å². The number of phenolic OH excluding ortho intramolecular Hbond substituents is 1. The van der Waals surface area contributed by atoms with Gasteiger partial charge in [0, 0.05) is 5.71 Å². The molecule has 7 nitrogen and oxygen atoms in total. The van der Waals surface area contributed by atoms with Crippen molar-refractivity contribution in [2.75, 3.05) is 7.11 Å². The fourth-order valence-electron chi connectivity index (χ4n) is 2.20. The summed E-state index contributed by atoms with van der Waals surface area (Å²) >= 11 is 0. The number of carboxylic acids is 1. The molecule has 0 fully saturated rings. The van der Waals surface area contributed by atoms with Crippen molar-refractivity contribution < 1.29 is 24.5 Å². The number of carboxylic acid groups (broad SMARTS) is 1. The van der Waals surface area contributed by atoms with Crippen molar-refractivity contribution in [2.45, 2.75) is 13.0 Å². The number of phenols is 1. The molecule has 1 aliphatic rings. The number of amides is 2. The van der Waals surface area contributed by atoms with E-state index >= 15 is 0 Å². The highest BCUT2D eigenvalue weighted by atomic mass is 16.5. The van der Waals surface area contributed by atoms with E-state index in [-0.39, 0.29) is 17.2 Å². The van der Waals surface area contributed by atoms with Crippen LogP contribution in [0.1, 0.15) is 18.5 Å². The zero-order valence-corrected chi connectivity index (χ0v) is 11.0. The lowest BCUT2D eigenvalue weighted by Crippen LogP contribution is -2.43. The number of nitrogens with zero attached hydrogens (tertiary/aromatic N) is 1. The van der Waals surface area contributed by atoms with E-state index in [0.29, 0.717) is 5.56 Å². The highest BCUT2D eigenvalue weighted by Gasteiger charge is 2.37. The molecule has 3 N–H and O–H groups in total. The molecule has 2 unspecified atom stereocenters. The quantitative estimate of drug-likeness (QED) is 0.772. The van der Waals surface area contributed by atoms with Crippen LogP contribution in [0.15, 0.2) is 23.2 Å². The van der Waals surface area contributed by atoms with Gasteiger partial charge in [-0.05, 0) is 24.6 Å². The van der Waals surface area contributed by atoms with E-state index in [1.54, 1.807) is 0 Å². The van der Waals surface area contributed by atoms with Gasteiger partial charge in [0.1, 0.15) is 5.92 Å². The molecule has 1 aromatic carbocycles. The van der Waals surface area contributed by atoms with Crippen molar-refractivity contribution in [3.05, 3.63) is 23.8 Å². The van der Waals surface area contributed by atoms with E-state index in [4.69, 9.17) is 4.74 Å². The number of benzene rings is 1. The third kappa shape index (κ3) is 2.42. The zero-order valence-electron chi connectivity index (χ0n) is 11.0. The lowest BCUT2D eigenvalue weighted by Gasteiger charge is -2.28. The van der Waals surface area contributed by atoms with Gasteiger partial charge < -0.3 is 20.3 Å². The highest BCUT2D eigenvalue weighted by Crippen LogP contribution is 2.33. The van der Waals surface area contributed by atoms with E-state index in [1.807, 2.05) is 0 Å². The normalized spacial score (nSPS) is 21.9. The lowest BCUT2D eigenvalue weighted by molar-refractivity contribution is -0.140. The minimum Gasteiger partial charge on any atom is -0.504 e. The van der Waals surface area contributed by atoms with Crippen LogP contribution in [0, 0.1) is 5.92 Å². The topological polar surface area (TPSA) is 108 Å². The highest BCUT2D eigenvalue weighted by molar-refractivity contribution is 6.07. The maximum atomic E-state index is 11.5. The largest absolute Gasteiger partial charge is 0.504 e. The Balaban J connectivity index is 2.46. The first-order chi connectivity index (χ1) is 9.43. The summed E-state index contributed by atoms with van der Waals surface area (Å²) in [5.74, 6) is -1.89. The van der Waals surface area contributed by atoms with Crippen LogP contribution in [0.4, 0.5) is 4.79 Å². The summed E-state index contributed by atoms with van der Waals surface area (Å²) in [6.45, 7) is 1.50. The fourth-order valence-corrected chi connectivity index (χ4v) is 2.20. The summed E-state index contributed by atoms with van der Waals surface area (Å²) in [7, 11) is 1.39. The number of nitrogens with one attached hydrogen (secondary N) is 1. The monoisotopic (exact) mass is 278 g/mol. The van der Waals surface area contributed by atoms with E-state index in [9.17, 15) is 19.8 Å². The number of aliphatic imine (C=N–C) groups is 1. The van der Waals surface area contributed by atoms with Crippen LogP contribution in [0.3, 0.4) is 0 Å².